The maximum atomic E-state index is 13.0. The summed E-state index contributed by atoms with van der Waals surface area (Å²) in [5.41, 5.74) is 20.8. The van der Waals surface area contributed by atoms with Gasteiger partial charge in [-0.05, 0) is 38.5 Å². The fourth-order valence-electron chi connectivity index (χ4n) is 4.73. The fourth-order valence-corrected chi connectivity index (χ4v) is 4.73. The third kappa shape index (κ3) is 24.2. The number of hydrogen-bond donors (Lipinski definition) is 15. The van der Waals surface area contributed by atoms with Crippen LogP contribution >= 0.6 is 0 Å². The smallest absolute Gasteiger partial charge is 0.326 e. The lowest BCUT2D eigenvalue weighted by molar-refractivity contribution is -0.142. The lowest BCUT2D eigenvalue weighted by Crippen LogP contribution is -2.57. The molecule has 0 bridgehead atoms. The molecule has 10 amide bonds. The lowest BCUT2D eigenvalue weighted by Gasteiger charge is -2.23. The average Bonchev–Trinajstić information content (AvgIpc) is 3.17. The predicted molar refractivity (Wildman–Crippen MR) is 209 cm³/mol. The van der Waals surface area contributed by atoms with Gasteiger partial charge in [-0.25, -0.2) is 4.79 Å². The Kier molecular flexibility index (Phi) is 25.5. The van der Waals surface area contributed by atoms with Crippen LogP contribution < -0.4 is 70.8 Å². The molecule has 27 nitrogen and oxygen atoms in total. The molecule has 0 unspecified atom stereocenters. The van der Waals surface area contributed by atoms with Crippen molar-refractivity contribution in [1.82, 2.24) is 47.9 Å². The van der Waals surface area contributed by atoms with Gasteiger partial charge in [0.25, 0.3) is 0 Å². The first-order valence-corrected chi connectivity index (χ1v) is 18.5. The molecule has 0 rings (SSSR count). The van der Waals surface area contributed by atoms with Crippen molar-refractivity contribution < 1.29 is 63.0 Å². The van der Waals surface area contributed by atoms with Crippen LogP contribution in [0.4, 0.5) is 0 Å². The summed E-state index contributed by atoms with van der Waals surface area (Å²) < 4.78 is 0. The third-order valence-corrected chi connectivity index (χ3v) is 7.76. The second-order valence-electron chi connectivity index (χ2n) is 13.4. The monoisotopic (exact) mass is 858 g/mol. The zero-order chi connectivity index (χ0) is 45.9. The summed E-state index contributed by atoms with van der Waals surface area (Å²) in [5.74, 6) is -10.2. The Hall–Kier alpha value is -6.64. The van der Waals surface area contributed by atoms with Crippen LogP contribution in [0.5, 0.6) is 0 Å². The summed E-state index contributed by atoms with van der Waals surface area (Å²) in [5, 5.41) is 39.5. The fraction of sp³-hybridized carbons (Fsp3) is 0.636. The highest BCUT2D eigenvalue weighted by atomic mass is 16.4. The molecule has 60 heavy (non-hydrogen) atoms. The summed E-state index contributed by atoms with van der Waals surface area (Å²) in [7, 11) is 0. The summed E-state index contributed by atoms with van der Waals surface area (Å²) >= 11 is 0. The second-order valence-corrected chi connectivity index (χ2v) is 13.4. The molecule has 0 aromatic rings. The number of carboxylic acid groups (broad SMARTS) is 1. The molecular formula is C33H58N14O13. The predicted octanol–water partition coefficient (Wildman–Crippen LogP) is -8.70. The number of aliphatic hydroxyl groups is 1. The van der Waals surface area contributed by atoms with Gasteiger partial charge in [-0.2, -0.15) is 0 Å². The van der Waals surface area contributed by atoms with Crippen molar-refractivity contribution in [3.05, 3.63) is 0 Å². The third-order valence-electron chi connectivity index (χ3n) is 7.76. The molecular weight excluding hydrogens is 800 g/mol. The van der Waals surface area contributed by atoms with Crippen molar-refractivity contribution in [2.24, 2.45) is 33.8 Å². The molecule has 0 heterocycles. The summed E-state index contributed by atoms with van der Waals surface area (Å²) in [6.45, 7) is 1.02. The Morgan fingerprint density at radius 3 is 1.53 bits per heavy atom. The van der Waals surface area contributed by atoms with Gasteiger partial charge in [0.2, 0.25) is 59.1 Å². The minimum Gasteiger partial charge on any atom is -0.480 e. The van der Waals surface area contributed by atoms with Crippen LogP contribution in [0, 0.1) is 5.92 Å². The molecule has 27 heteroatoms. The number of aliphatic hydroxyl groups excluding tert-OH is 1. The van der Waals surface area contributed by atoms with Crippen molar-refractivity contribution >= 4 is 71.0 Å². The normalized spacial score (nSPS) is 13.0. The Balaban J connectivity index is 5.21. The van der Waals surface area contributed by atoms with Crippen LogP contribution in [-0.4, -0.2) is 157 Å². The molecule has 19 N–H and O–H groups in total. The second kappa shape index (κ2) is 28.7. The van der Waals surface area contributed by atoms with Gasteiger partial charge >= 0.3 is 5.97 Å². The zero-order valence-electron chi connectivity index (χ0n) is 33.6. The van der Waals surface area contributed by atoms with Gasteiger partial charge in [0.15, 0.2) is 5.96 Å². The van der Waals surface area contributed by atoms with Gasteiger partial charge < -0.3 is 81.0 Å². The van der Waals surface area contributed by atoms with E-state index in [9.17, 15) is 63.0 Å². The topological polar surface area (TPSA) is 453 Å². The Labute approximate surface area is 344 Å². The largest absolute Gasteiger partial charge is 0.480 e. The van der Waals surface area contributed by atoms with E-state index in [4.69, 9.17) is 22.9 Å². The van der Waals surface area contributed by atoms with Crippen molar-refractivity contribution in [3.63, 3.8) is 0 Å². The number of carbonyl (C=O) groups excluding carboxylic acids is 10. The number of amides is 10. The molecule has 0 aliphatic carbocycles. The number of aliphatic imine (C=N–C) groups is 1. The maximum Gasteiger partial charge on any atom is 0.326 e. The van der Waals surface area contributed by atoms with Gasteiger partial charge in [0.1, 0.15) is 30.2 Å². The molecule has 338 valence electrons. The van der Waals surface area contributed by atoms with E-state index in [-0.39, 0.29) is 50.7 Å². The van der Waals surface area contributed by atoms with Crippen molar-refractivity contribution in [2.45, 2.75) is 83.1 Å². The average molecular weight is 859 g/mol. The summed E-state index contributed by atoms with van der Waals surface area (Å²) in [6.07, 6.45) is -0.426. The highest BCUT2D eigenvalue weighted by Gasteiger charge is 2.29. The summed E-state index contributed by atoms with van der Waals surface area (Å²) in [6, 6.07) is -6.86. The van der Waals surface area contributed by atoms with Crippen LogP contribution in [0.15, 0.2) is 4.99 Å². The molecule has 5 atom stereocenters. The van der Waals surface area contributed by atoms with Crippen LogP contribution in [0.1, 0.15) is 52.9 Å². The zero-order valence-corrected chi connectivity index (χ0v) is 33.6. The van der Waals surface area contributed by atoms with Gasteiger partial charge in [-0.15, -0.1) is 0 Å². The number of hydrogen-bond acceptors (Lipinski definition) is 14. The number of carbonyl (C=O) groups is 11. The van der Waals surface area contributed by atoms with Crippen LogP contribution in [-0.2, 0) is 52.7 Å². The minimum atomic E-state index is -1.67. The number of nitrogens with one attached hydrogen (secondary N) is 9. The van der Waals surface area contributed by atoms with Gasteiger partial charge in [-0.1, -0.05) is 13.8 Å². The number of nitrogens with two attached hydrogens (primary N) is 4. The van der Waals surface area contributed by atoms with E-state index >= 15 is 0 Å². The number of guanidine groups is 1. The highest BCUT2D eigenvalue weighted by Crippen LogP contribution is 2.05. The minimum absolute atomic E-state index is 0.0115. The molecule has 0 aliphatic heterocycles. The standard InChI is InChI=1S/C33H58N14O13/c1-16(2)9-20(45-25(52)11-39-23(50)10-34)30(57)42-14-27(54)46-21(15-48)31(58)47-18(6-7-22(35)49)29(56)41-12-24(51)43-17(3)28(55)40-13-26(53)44-19(32(59)60)5-4-8-38-33(36)37/h16-21,48H,4-15,34H2,1-3H3,(H2,35,49)(H,39,50)(H,40,55)(H,41,56)(H,42,57)(H,43,51)(H,44,53)(H,45,52)(H,46,54)(H,47,58)(H,59,60)(H4,36,37,38)/t17-,18-,19-,20-,21-/m0/s1. The first-order chi connectivity index (χ1) is 28.1. The Morgan fingerprint density at radius 2 is 1.05 bits per heavy atom. The van der Waals surface area contributed by atoms with Crippen LogP contribution in [0.25, 0.3) is 0 Å². The molecule has 0 saturated heterocycles. The first-order valence-electron chi connectivity index (χ1n) is 18.5. The van der Waals surface area contributed by atoms with Gasteiger partial charge in [0, 0.05) is 13.0 Å². The van der Waals surface area contributed by atoms with E-state index < -0.39 is 134 Å². The molecule has 0 radical (unpaired) electrons. The van der Waals surface area contributed by atoms with E-state index in [1.807, 2.05) is 0 Å². The number of carboxylic acids is 1. The van der Waals surface area contributed by atoms with E-state index in [2.05, 4.69) is 52.8 Å². The van der Waals surface area contributed by atoms with Crippen molar-refractivity contribution in [2.75, 3.05) is 45.9 Å². The molecule has 0 aromatic heterocycles. The molecule has 0 saturated carbocycles. The molecule has 0 fully saturated rings. The maximum absolute atomic E-state index is 13.0. The first kappa shape index (κ1) is 53.4. The number of nitrogens with zero attached hydrogens (tertiary/aromatic N) is 1. The van der Waals surface area contributed by atoms with E-state index in [0.29, 0.717) is 0 Å². The summed E-state index contributed by atoms with van der Waals surface area (Å²) in [4.78, 5) is 139. The number of primary amides is 1. The Morgan fingerprint density at radius 1 is 0.567 bits per heavy atom. The van der Waals surface area contributed by atoms with Crippen molar-refractivity contribution in [1.29, 1.82) is 0 Å². The van der Waals surface area contributed by atoms with E-state index in [1.54, 1.807) is 13.8 Å². The molecule has 0 aromatic carbocycles. The Bertz CT molecular complexity index is 1570. The van der Waals surface area contributed by atoms with Crippen LogP contribution in [0.2, 0.25) is 0 Å². The van der Waals surface area contributed by atoms with Crippen molar-refractivity contribution in [3.8, 4) is 0 Å². The van der Waals surface area contributed by atoms with Gasteiger partial charge in [0.05, 0.1) is 39.3 Å². The number of aliphatic carboxylic acids is 1. The quantitative estimate of drug-likeness (QED) is 0.0189. The van der Waals surface area contributed by atoms with Crippen LogP contribution in [0.3, 0.4) is 0 Å². The number of rotatable bonds is 29. The van der Waals surface area contributed by atoms with E-state index in [0.717, 1.165) is 0 Å². The van der Waals surface area contributed by atoms with E-state index in [1.165, 1.54) is 6.92 Å². The highest BCUT2D eigenvalue weighted by molar-refractivity contribution is 5.96. The lowest BCUT2D eigenvalue weighted by atomic mass is 10.0. The molecule has 0 aliphatic rings. The SMILES string of the molecule is CC(C)C[C@H](NC(=O)CNC(=O)CN)C(=O)NCC(=O)N[C@@H](CO)C(=O)N[C@@H](CCC(N)=O)C(=O)NCC(=O)N[C@@H](C)C(=O)NCC(=O)N[C@@H](CCCN=C(N)N)C(=O)O. The molecule has 0 spiro atoms. The van der Waals surface area contributed by atoms with Gasteiger partial charge in [-0.3, -0.25) is 52.9 Å².